The van der Waals surface area contributed by atoms with E-state index in [0.717, 1.165) is 39.9 Å². The number of thioether (sulfide) groups is 1. The first-order valence-electron chi connectivity index (χ1n) is 9.14. The average Bonchev–Trinajstić information content (AvgIpc) is 3.33. The lowest BCUT2D eigenvalue weighted by Crippen LogP contribution is -2.00. The Bertz CT molecular complexity index is 1090. The van der Waals surface area contributed by atoms with Crippen LogP contribution in [0.1, 0.15) is 23.7 Å². The Morgan fingerprint density at radius 3 is 2.64 bits per heavy atom. The number of aryl methyl sites for hydroxylation is 2. The Balaban J connectivity index is 1.51. The Hall–Kier alpha value is -2.93. The van der Waals surface area contributed by atoms with Crippen LogP contribution in [0.4, 0.5) is 0 Å². The predicted octanol–water partition coefficient (Wildman–Crippen LogP) is 4.92. The number of hydrogen-bond donors (Lipinski definition) is 0. The van der Waals surface area contributed by atoms with Gasteiger partial charge in [-0.05, 0) is 44.5 Å². The summed E-state index contributed by atoms with van der Waals surface area (Å²) >= 11 is 1.61. The van der Waals surface area contributed by atoms with Crippen molar-refractivity contribution in [2.24, 2.45) is 0 Å². The highest BCUT2D eigenvalue weighted by Crippen LogP contribution is 2.28. The molecule has 4 aromatic rings. The fourth-order valence-electron chi connectivity index (χ4n) is 3.08. The molecule has 0 unspecified atom stereocenters. The van der Waals surface area contributed by atoms with E-state index in [-0.39, 0.29) is 0 Å². The van der Waals surface area contributed by atoms with Crippen molar-refractivity contribution in [3.63, 3.8) is 0 Å². The smallest absolute Gasteiger partial charge is 0.226 e. The standard InChI is InChI=1S/C21H21N5OS/c1-4-26-19(16-7-9-22-10-8-16)24-25-21(26)28-13-17-12-27-20(23-17)18-6-5-14(2)11-15(18)3/h5-12H,4,13H2,1-3H3. The van der Waals surface area contributed by atoms with Crippen molar-refractivity contribution < 1.29 is 4.42 Å². The molecule has 3 heterocycles. The van der Waals surface area contributed by atoms with Crippen LogP contribution in [0.15, 0.2) is 58.6 Å². The molecule has 7 heteroatoms. The molecule has 0 aliphatic carbocycles. The molecule has 0 fully saturated rings. The Morgan fingerprint density at radius 1 is 1.07 bits per heavy atom. The van der Waals surface area contributed by atoms with Crippen LogP contribution in [-0.2, 0) is 12.3 Å². The van der Waals surface area contributed by atoms with Gasteiger partial charge >= 0.3 is 0 Å². The van der Waals surface area contributed by atoms with Gasteiger partial charge in [-0.25, -0.2) is 4.98 Å². The third-order valence-corrected chi connectivity index (χ3v) is 5.49. The number of rotatable bonds is 6. The van der Waals surface area contributed by atoms with Crippen molar-refractivity contribution in [1.29, 1.82) is 0 Å². The molecule has 0 N–H and O–H groups in total. The van der Waals surface area contributed by atoms with E-state index in [2.05, 4.69) is 63.7 Å². The van der Waals surface area contributed by atoms with Gasteiger partial charge in [0.2, 0.25) is 5.89 Å². The minimum absolute atomic E-state index is 0.655. The van der Waals surface area contributed by atoms with Crippen LogP contribution < -0.4 is 0 Å². The van der Waals surface area contributed by atoms with Crippen LogP contribution in [0.2, 0.25) is 0 Å². The number of pyridine rings is 1. The number of benzene rings is 1. The first-order chi connectivity index (χ1) is 13.7. The maximum Gasteiger partial charge on any atom is 0.226 e. The van der Waals surface area contributed by atoms with Gasteiger partial charge in [-0.2, -0.15) is 0 Å². The van der Waals surface area contributed by atoms with Gasteiger partial charge in [0, 0.05) is 35.8 Å². The lowest BCUT2D eigenvalue weighted by atomic mass is 10.1. The summed E-state index contributed by atoms with van der Waals surface area (Å²) in [7, 11) is 0. The van der Waals surface area contributed by atoms with Crippen LogP contribution in [-0.4, -0.2) is 24.7 Å². The second kappa shape index (κ2) is 7.98. The number of hydrogen-bond acceptors (Lipinski definition) is 6. The molecule has 6 nitrogen and oxygen atoms in total. The zero-order valence-electron chi connectivity index (χ0n) is 16.1. The highest BCUT2D eigenvalue weighted by Gasteiger charge is 2.15. The molecule has 0 aliphatic rings. The van der Waals surface area contributed by atoms with E-state index in [1.807, 2.05) is 12.1 Å². The fourth-order valence-corrected chi connectivity index (χ4v) is 3.96. The van der Waals surface area contributed by atoms with Crippen molar-refractivity contribution in [2.45, 2.75) is 38.2 Å². The Morgan fingerprint density at radius 2 is 1.89 bits per heavy atom. The van der Waals surface area contributed by atoms with Gasteiger partial charge in [0.1, 0.15) is 6.26 Å². The van der Waals surface area contributed by atoms with E-state index >= 15 is 0 Å². The molecule has 0 aliphatic heterocycles. The van der Waals surface area contributed by atoms with Gasteiger partial charge in [0.25, 0.3) is 0 Å². The normalized spacial score (nSPS) is 11.1. The lowest BCUT2D eigenvalue weighted by Gasteiger charge is -2.06. The second-order valence-corrected chi connectivity index (χ2v) is 7.48. The first kappa shape index (κ1) is 18.4. The van der Waals surface area contributed by atoms with Crippen LogP contribution in [0.5, 0.6) is 0 Å². The molecule has 3 aromatic heterocycles. The molecule has 0 saturated carbocycles. The van der Waals surface area contributed by atoms with E-state index in [1.54, 1.807) is 30.4 Å². The SMILES string of the molecule is CCn1c(SCc2coc(-c3ccc(C)cc3C)n2)nnc1-c1ccncc1. The third kappa shape index (κ3) is 3.71. The van der Waals surface area contributed by atoms with E-state index in [1.165, 1.54) is 5.56 Å². The van der Waals surface area contributed by atoms with Crippen molar-refractivity contribution in [3.05, 3.63) is 65.8 Å². The van der Waals surface area contributed by atoms with Crippen LogP contribution in [0, 0.1) is 13.8 Å². The van der Waals surface area contributed by atoms with Crippen molar-refractivity contribution in [3.8, 4) is 22.8 Å². The largest absolute Gasteiger partial charge is 0.444 e. The summed E-state index contributed by atoms with van der Waals surface area (Å²) in [6.07, 6.45) is 5.25. The van der Waals surface area contributed by atoms with Crippen molar-refractivity contribution in [2.75, 3.05) is 0 Å². The molecule has 0 spiro atoms. The Kier molecular flexibility index (Phi) is 5.25. The molecule has 28 heavy (non-hydrogen) atoms. The zero-order valence-corrected chi connectivity index (χ0v) is 16.9. The van der Waals surface area contributed by atoms with E-state index < -0.39 is 0 Å². The summed E-state index contributed by atoms with van der Waals surface area (Å²) in [6, 6.07) is 10.2. The van der Waals surface area contributed by atoms with E-state index in [4.69, 9.17) is 4.42 Å². The molecule has 0 amide bonds. The number of aromatic nitrogens is 5. The molecule has 142 valence electrons. The molecule has 4 rings (SSSR count). The summed E-state index contributed by atoms with van der Waals surface area (Å²) in [5.41, 5.74) is 5.31. The first-order valence-corrected chi connectivity index (χ1v) is 10.1. The minimum atomic E-state index is 0.655. The topological polar surface area (TPSA) is 69.6 Å². The summed E-state index contributed by atoms with van der Waals surface area (Å²) in [6.45, 7) is 7.04. The van der Waals surface area contributed by atoms with Crippen molar-refractivity contribution in [1.82, 2.24) is 24.7 Å². The highest BCUT2D eigenvalue weighted by atomic mass is 32.2. The minimum Gasteiger partial charge on any atom is -0.444 e. The van der Waals surface area contributed by atoms with Gasteiger partial charge in [-0.15, -0.1) is 10.2 Å². The maximum atomic E-state index is 5.72. The number of oxazole rings is 1. The van der Waals surface area contributed by atoms with Gasteiger partial charge in [0.05, 0.1) is 5.69 Å². The van der Waals surface area contributed by atoms with Crippen LogP contribution in [0.25, 0.3) is 22.8 Å². The van der Waals surface area contributed by atoms with Gasteiger partial charge in [0.15, 0.2) is 11.0 Å². The molecule has 0 saturated heterocycles. The van der Waals surface area contributed by atoms with E-state index in [0.29, 0.717) is 11.6 Å². The molecular formula is C21H21N5OS. The summed E-state index contributed by atoms with van der Waals surface area (Å²) < 4.78 is 7.82. The fraction of sp³-hybridized carbons (Fsp3) is 0.238. The molecule has 0 atom stereocenters. The summed E-state index contributed by atoms with van der Waals surface area (Å²) in [4.78, 5) is 8.72. The predicted molar refractivity (Wildman–Crippen MR) is 110 cm³/mol. The molecule has 0 radical (unpaired) electrons. The summed E-state index contributed by atoms with van der Waals surface area (Å²) in [5, 5.41) is 9.59. The highest BCUT2D eigenvalue weighted by molar-refractivity contribution is 7.98. The second-order valence-electron chi connectivity index (χ2n) is 6.54. The lowest BCUT2D eigenvalue weighted by molar-refractivity contribution is 0.573. The number of nitrogens with zero attached hydrogens (tertiary/aromatic N) is 5. The van der Waals surface area contributed by atoms with Gasteiger partial charge in [-0.1, -0.05) is 29.5 Å². The van der Waals surface area contributed by atoms with Gasteiger partial charge in [-0.3, -0.25) is 4.98 Å². The zero-order chi connectivity index (χ0) is 19.5. The van der Waals surface area contributed by atoms with Crippen LogP contribution in [0.3, 0.4) is 0 Å². The van der Waals surface area contributed by atoms with Gasteiger partial charge < -0.3 is 8.98 Å². The van der Waals surface area contributed by atoms with Crippen molar-refractivity contribution >= 4 is 11.8 Å². The summed E-state index contributed by atoms with van der Waals surface area (Å²) in [5.74, 6) is 2.18. The third-order valence-electron chi connectivity index (χ3n) is 4.48. The maximum absolute atomic E-state index is 5.72. The quantitative estimate of drug-likeness (QED) is 0.434. The average molecular weight is 392 g/mol. The van der Waals surface area contributed by atoms with E-state index in [9.17, 15) is 0 Å². The molecule has 1 aromatic carbocycles. The molecular weight excluding hydrogens is 370 g/mol. The van der Waals surface area contributed by atoms with Crippen LogP contribution >= 0.6 is 11.8 Å². The Labute approximate surface area is 168 Å². The monoisotopic (exact) mass is 391 g/mol. The molecule has 0 bridgehead atoms.